The highest BCUT2D eigenvalue weighted by Gasteiger charge is 2.47. The Kier molecular flexibility index (Phi) is 6.51. The molecule has 3 aromatic carbocycles. The van der Waals surface area contributed by atoms with Gasteiger partial charge in [-0.15, -0.1) is 11.3 Å². The lowest BCUT2D eigenvalue weighted by Gasteiger charge is -2.30. The second-order valence-corrected chi connectivity index (χ2v) is 16.3. The van der Waals surface area contributed by atoms with E-state index in [-0.39, 0.29) is 10.7 Å². The van der Waals surface area contributed by atoms with E-state index < -0.39 is 4.08 Å². The van der Waals surface area contributed by atoms with Gasteiger partial charge in [0.25, 0.3) is 0 Å². The Labute approximate surface area is 275 Å². The minimum Gasteiger partial charge on any atom is -0.310 e. The molecule has 0 spiro atoms. The van der Waals surface area contributed by atoms with Crippen LogP contribution < -0.4 is 4.90 Å². The fourth-order valence-electron chi connectivity index (χ4n) is 7.61. The molecule has 0 saturated carbocycles. The number of nitrogens with zero attached hydrogens (tertiary/aromatic N) is 1. The van der Waals surface area contributed by atoms with Crippen LogP contribution in [0, 0.1) is 18.8 Å². The Balaban J connectivity index is 1.27. The Morgan fingerprint density at radius 2 is 1.19 bits per heavy atom. The summed E-state index contributed by atoms with van der Waals surface area (Å²) < 4.78 is -0.818. The normalized spacial score (nSPS) is 27.1. The van der Waals surface area contributed by atoms with Gasteiger partial charge in [-0.05, 0) is 90.2 Å². The highest BCUT2D eigenvalue weighted by atomic mass is 32.2. The number of aryl methyl sites for hydroxylation is 1. The molecule has 0 fully saturated rings. The minimum atomic E-state index is -0.556. The highest BCUT2D eigenvalue weighted by molar-refractivity contribution is 7.99. The van der Waals surface area contributed by atoms with Crippen LogP contribution in [0.4, 0.5) is 17.1 Å². The molecule has 5 atom stereocenters. The van der Waals surface area contributed by atoms with Gasteiger partial charge in [-0.3, -0.25) is 0 Å². The van der Waals surface area contributed by atoms with Crippen molar-refractivity contribution in [2.75, 3.05) is 4.90 Å². The molecule has 0 amide bonds. The SMILES string of the molecule is Cc1ccc(-c2ccc(N(c3ccc4c(c3)C(C)(S)C3C=CC=CC43)c3ccc4c(c3)C(S)(S)C3C=CC=CC43)cc2)s1. The summed E-state index contributed by atoms with van der Waals surface area (Å²) in [5.74, 6) is 1.20. The molecule has 1 aromatic heterocycles. The third kappa shape index (κ3) is 4.30. The molecular weight excluding hydrogens is 599 g/mol. The van der Waals surface area contributed by atoms with Crippen molar-refractivity contribution in [2.24, 2.45) is 11.8 Å². The first-order chi connectivity index (χ1) is 20.7. The van der Waals surface area contributed by atoms with Crippen LogP contribution in [0.15, 0.2) is 121 Å². The molecule has 0 saturated heterocycles. The number of thiophene rings is 1. The van der Waals surface area contributed by atoms with Gasteiger partial charge in [-0.25, -0.2) is 0 Å². The van der Waals surface area contributed by atoms with Crippen LogP contribution in [0.1, 0.15) is 45.9 Å². The maximum Gasteiger partial charge on any atom is 0.0877 e. The van der Waals surface area contributed by atoms with Gasteiger partial charge < -0.3 is 4.90 Å². The summed E-state index contributed by atoms with van der Waals surface area (Å²) in [5.41, 5.74) is 9.75. The second-order valence-electron chi connectivity index (χ2n) is 12.4. The van der Waals surface area contributed by atoms with Crippen molar-refractivity contribution in [1.29, 1.82) is 0 Å². The van der Waals surface area contributed by atoms with Crippen molar-refractivity contribution in [1.82, 2.24) is 0 Å². The summed E-state index contributed by atoms with van der Waals surface area (Å²) in [4.78, 5) is 5.00. The van der Waals surface area contributed by atoms with Gasteiger partial charge in [0, 0.05) is 55.2 Å². The Hall–Kier alpha value is -2.83. The third-order valence-electron chi connectivity index (χ3n) is 9.78. The molecule has 0 aliphatic heterocycles. The summed E-state index contributed by atoms with van der Waals surface area (Å²) in [7, 11) is 0. The second kappa shape index (κ2) is 10.1. The number of allylic oxidation sites excluding steroid dienone is 8. The topological polar surface area (TPSA) is 3.24 Å². The number of hydrogen-bond acceptors (Lipinski definition) is 5. The van der Waals surface area contributed by atoms with Gasteiger partial charge in [-0.1, -0.05) is 72.9 Å². The van der Waals surface area contributed by atoms with Crippen LogP contribution in [0.3, 0.4) is 0 Å². The van der Waals surface area contributed by atoms with Gasteiger partial charge >= 0.3 is 0 Å². The Morgan fingerprint density at radius 1 is 0.628 bits per heavy atom. The molecule has 1 nitrogen and oxygen atoms in total. The quantitative estimate of drug-likeness (QED) is 0.149. The van der Waals surface area contributed by atoms with Gasteiger partial charge in [0.2, 0.25) is 0 Å². The first-order valence-corrected chi connectivity index (χ1v) is 17.0. The first-order valence-electron chi connectivity index (χ1n) is 14.9. The standard InChI is InChI=1S/C38H33NS4/c1-23-11-20-36(43-23)24-12-14-25(15-13-24)39(26-16-18-30-28-7-3-5-9-32(28)37(2,40)34(30)21-26)27-17-19-31-29-8-4-6-10-33(29)38(41,42)35(31)22-27/h3-22,28-29,32-33,40-42H,1-2H3. The summed E-state index contributed by atoms with van der Waals surface area (Å²) in [6.45, 7) is 4.43. The van der Waals surface area contributed by atoms with E-state index in [0.29, 0.717) is 17.8 Å². The third-order valence-corrected chi connectivity index (χ3v) is 12.5. The number of anilines is 3. The average Bonchev–Trinajstić information content (AvgIpc) is 3.63. The number of thiol groups is 3. The summed E-state index contributed by atoms with van der Waals surface area (Å²) in [6, 6.07) is 27.2. The first kappa shape index (κ1) is 27.7. The highest BCUT2D eigenvalue weighted by Crippen LogP contribution is 2.59. The average molecular weight is 632 g/mol. The lowest BCUT2D eigenvalue weighted by atomic mass is 9.84. The zero-order chi connectivity index (χ0) is 29.5. The molecule has 43 heavy (non-hydrogen) atoms. The molecule has 0 bridgehead atoms. The van der Waals surface area contributed by atoms with Crippen LogP contribution in [0.25, 0.3) is 10.4 Å². The van der Waals surface area contributed by atoms with Crippen molar-refractivity contribution in [3.63, 3.8) is 0 Å². The van der Waals surface area contributed by atoms with E-state index in [4.69, 9.17) is 37.9 Å². The maximum absolute atomic E-state index is 5.28. The van der Waals surface area contributed by atoms with Gasteiger partial charge in [-0.2, -0.15) is 37.9 Å². The van der Waals surface area contributed by atoms with Crippen LogP contribution in [0.5, 0.6) is 0 Å². The van der Waals surface area contributed by atoms with E-state index in [2.05, 4.69) is 140 Å². The van der Waals surface area contributed by atoms with E-state index in [9.17, 15) is 0 Å². The smallest absolute Gasteiger partial charge is 0.0877 e. The number of benzene rings is 3. The predicted molar refractivity (Wildman–Crippen MR) is 194 cm³/mol. The lowest BCUT2D eigenvalue weighted by Crippen LogP contribution is -2.22. The number of fused-ring (bicyclic) bond motifs is 6. The van der Waals surface area contributed by atoms with Crippen molar-refractivity contribution in [3.8, 4) is 10.4 Å². The maximum atomic E-state index is 5.28. The van der Waals surface area contributed by atoms with E-state index in [0.717, 1.165) is 17.1 Å². The lowest BCUT2D eigenvalue weighted by molar-refractivity contribution is 0.504. The minimum absolute atomic E-state index is 0.214. The molecule has 5 heteroatoms. The van der Waals surface area contributed by atoms with Crippen LogP contribution >= 0.6 is 49.2 Å². The number of rotatable bonds is 4. The van der Waals surface area contributed by atoms with E-state index in [1.54, 1.807) is 0 Å². The van der Waals surface area contributed by atoms with E-state index in [1.807, 2.05) is 11.3 Å². The molecular formula is C38H33NS4. The van der Waals surface area contributed by atoms with Crippen LogP contribution in [-0.2, 0) is 8.83 Å². The molecule has 4 aromatic rings. The van der Waals surface area contributed by atoms with Gasteiger partial charge in [0.05, 0.1) is 4.08 Å². The molecule has 1 heterocycles. The Bertz CT molecular complexity index is 1770. The van der Waals surface area contributed by atoms with E-state index in [1.165, 1.54) is 37.6 Å². The molecule has 214 valence electrons. The Morgan fingerprint density at radius 3 is 1.84 bits per heavy atom. The van der Waals surface area contributed by atoms with Crippen LogP contribution in [0.2, 0.25) is 0 Å². The van der Waals surface area contributed by atoms with Crippen molar-refractivity contribution < 1.29 is 0 Å². The number of hydrogen-bond donors (Lipinski definition) is 3. The molecule has 0 radical (unpaired) electrons. The van der Waals surface area contributed by atoms with Gasteiger partial charge in [0.15, 0.2) is 0 Å². The molecule has 4 aliphatic carbocycles. The monoisotopic (exact) mass is 631 g/mol. The summed E-state index contributed by atoms with van der Waals surface area (Å²) in [6.07, 6.45) is 17.8. The zero-order valence-electron chi connectivity index (χ0n) is 24.1. The van der Waals surface area contributed by atoms with Crippen molar-refractivity contribution in [2.45, 2.75) is 34.5 Å². The molecule has 0 N–H and O–H groups in total. The zero-order valence-corrected chi connectivity index (χ0v) is 27.6. The van der Waals surface area contributed by atoms with Crippen LogP contribution in [-0.4, -0.2) is 0 Å². The largest absolute Gasteiger partial charge is 0.310 e. The molecule has 4 aliphatic rings. The summed E-state index contributed by atoms with van der Waals surface area (Å²) in [5, 5.41) is 0. The fourth-order valence-corrected chi connectivity index (χ4v) is 9.80. The summed E-state index contributed by atoms with van der Waals surface area (Å²) >= 11 is 17.4. The van der Waals surface area contributed by atoms with Crippen molar-refractivity contribution in [3.05, 3.63) is 149 Å². The van der Waals surface area contributed by atoms with Crippen molar-refractivity contribution >= 4 is 66.3 Å². The predicted octanol–water partition coefficient (Wildman–Crippen LogP) is 11.0. The molecule has 5 unspecified atom stereocenters. The fraction of sp³-hybridized carbons (Fsp3) is 0.211. The van der Waals surface area contributed by atoms with E-state index >= 15 is 0 Å². The van der Waals surface area contributed by atoms with Gasteiger partial charge in [0.1, 0.15) is 0 Å². The molecule has 8 rings (SSSR count).